The summed E-state index contributed by atoms with van der Waals surface area (Å²) in [6.07, 6.45) is 5.18. The molecule has 3 aromatic rings. The number of nitrogens with one attached hydrogen (secondary N) is 1. The van der Waals surface area contributed by atoms with Crippen LogP contribution in [0.3, 0.4) is 0 Å². The molecule has 1 N–H and O–H groups in total. The third-order valence-corrected chi connectivity index (χ3v) is 5.48. The molecule has 0 spiro atoms. The van der Waals surface area contributed by atoms with E-state index in [2.05, 4.69) is 27.3 Å². The van der Waals surface area contributed by atoms with E-state index in [1.165, 1.54) is 31.4 Å². The predicted octanol–water partition coefficient (Wildman–Crippen LogP) is 4.93. The lowest BCUT2D eigenvalue weighted by molar-refractivity contribution is 0.102. The summed E-state index contributed by atoms with van der Waals surface area (Å²) < 4.78 is 1.03. The van der Waals surface area contributed by atoms with Crippen molar-refractivity contribution in [3.05, 3.63) is 53.5 Å². The fourth-order valence-corrected chi connectivity index (χ4v) is 4.00. The average molecular weight is 351 g/mol. The Morgan fingerprint density at radius 3 is 2.52 bits per heavy atom. The minimum Gasteiger partial charge on any atom is -0.372 e. The van der Waals surface area contributed by atoms with Crippen LogP contribution in [0.15, 0.2) is 48.0 Å². The standard InChI is InChI=1S/C20H21N3OS/c24-20(15-5-10-18-19(13-15)25-14-21-18)22-16-6-8-17(9-7-16)23-11-3-1-2-4-12-23/h5-10,13-14H,1-4,11-12H2,(H,22,24). The van der Waals surface area contributed by atoms with Gasteiger partial charge in [-0.25, -0.2) is 4.98 Å². The number of amides is 1. The Balaban J connectivity index is 1.45. The Labute approximate surface area is 151 Å². The van der Waals surface area contributed by atoms with Gasteiger partial charge in [-0.15, -0.1) is 11.3 Å². The molecule has 0 bridgehead atoms. The van der Waals surface area contributed by atoms with Crippen LogP contribution in [-0.4, -0.2) is 24.0 Å². The van der Waals surface area contributed by atoms with Crippen molar-refractivity contribution in [2.45, 2.75) is 25.7 Å². The van der Waals surface area contributed by atoms with Crippen LogP contribution in [0.4, 0.5) is 11.4 Å². The normalized spacial score (nSPS) is 15.1. The first kappa shape index (κ1) is 16.1. The van der Waals surface area contributed by atoms with Gasteiger partial charge in [0.2, 0.25) is 0 Å². The predicted molar refractivity (Wildman–Crippen MR) is 105 cm³/mol. The summed E-state index contributed by atoms with van der Waals surface area (Å²) in [6.45, 7) is 2.25. The minimum absolute atomic E-state index is 0.0853. The van der Waals surface area contributed by atoms with Crippen LogP contribution < -0.4 is 10.2 Å². The molecule has 4 nitrogen and oxygen atoms in total. The molecule has 0 atom stereocenters. The maximum absolute atomic E-state index is 12.5. The minimum atomic E-state index is -0.0853. The van der Waals surface area contributed by atoms with Gasteiger partial charge in [0, 0.05) is 30.0 Å². The second-order valence-electron chi connectivity index (χ2n) is 6.44. The van der Waals surface area contributed by atoms with Crippen LogP contribution in [0, 0.1) is 0 Å². The average Bonchev–Trinajstić information content (AvgIpc) is 2.94. The van der Waals surface area contributed by atoms with Crippen LogP contribution in [-0.2, 0) is 0 Å². The second kappa shape index (κ2) is 7.23. The van der Waals surface area contributed by atoms with Gasteiger partial charge in [-0.2, -0.15) is 0 Å². The largest absolute Gasteiger partial charge is 0.372 e. The molecule has 5 heteroatoms. The lowest BCUT2D eigenvalue weighted by Crippen LogP contribution is -2.23. The molecule has 0 aliphatic carbocycles. The van der Waals surface area contributed by atoms with Crippen molar-refractivity contribution in [1.82, 2.24) is 4.98 Å². The van der Waals surface area contributed by atoms with Crippen LogP contribution >= 0.6 is 11.3 Å². The van der Waals surface area contributed by atoms with Gasteiger partial charge in [0.15, 0.2) is 0 Å². The molecule has 0 saturated carbocycles. The molecule has 2 aromatic carbocycles. The zero-order valence-corrected chi connectivity index (χ0v) is 14.9. The van der Waals surface area contributed by atoms with Crippen molar-refractivity contribution in [3.8, 4) is 0 Å². The lowest BCUT2D eigenvalue weighted by Gasteiger charge is -2.22. The fraction of sp³-hybridized carbons (Fsp3) is 0.300. The molecule has 1 amide bonds. The summed E-state index contributed by atoms with van der Waals surface area (Å²) in [5.74, 6) is -0.0853. The van der Waals surface area contributed by atoms with E-state index in [1.807, 2.05) is 30.3 Å². The summed E-state index contributed by atoms with van der Waals surface area (Å²) in [6, 6.07) is 13.8. The highest BCUT2D eigenvalue weighted by Gasteiger charge is 2.11. The smallest absolute Gasteiger partial charge is 0.255 e. The van der Waals surface area contributed by atoms with Crippen molar-refractivity contribution in [3.63, 3.8) is 0 Å². The summed E-state index contributed by atoms with van der Waals surface area (Å²) in [4.78, 5) is 19.2. The van der Waals surface area contributed by atoms with E-state index < -0.39 is 0 Å². The highest BCUT2D eigenvalue weighted by molar-refractivity contribution is 7.16. The number of hydrogen-bond donors (Lipinski definition) is 1. The zero-order valence-electron chi connectivity index (χ0n) is 14.1. The molecule has 1 fully saturated rings. The number of aromatic nitrogens is 1. The zero-order chi connectivity index (χ0) is 17.1. The van der Waals surface area contributed by atoms with Crippen LogP contribution in [0.5, 0.6) is 0 Å². The number of carbonyl (C=O) groups excluding carboxylic acids is 1. The fourth-order valence-electron chi connectivity index (χ4n) is 3.28. The van der Waals surface area contributed by atoms with Gasteiger partial charge >= 0.3 is 0 Å². The molecule has 25 heavy (non-hydrogen) atoms. The molecule has 1 saturated heterocycles. The number of hydrogen-bond acceptors (Lipinski definition) is 4. The highest BCUT2D eigenvalue weighted by atomic mass is 32.1. The monoisotopic (exact) mass is 351 g/mol. The molecule has 1 aromatic heterocycles. The van der Waals surface area contributed by atoms with Crippen molar-refractivity contribution in [2.75, 3.05) is 23.3 Å². The summed E-state index contributed by atoms with van der Waals surface area (Å²) in [5.41, 5.74) is 5.46. The van der Waals surface area contributed by atoms with Gasteiger partial charge in [0.25, 0.3) is 5.91 Å². The van der Waals surface area contributed by atoms with Gasteiger partial charge < -0.3 is 10.2 Å². The maximum atomic E-state index is 12.5. The van der Waals surface area contributed by atoms with E-state index >= 15 is 0 Å². The molecule has 128 valence electrons. The third kappa shape index (κ3) is 3.66. The lowest BCUT2D eigenvalue weighted by atomic mass is 10.2. The SMILES string of the molecule is O=C(Nc1ccc(N2CCCCCC2)cc1)c1ccc2ncsc2c1. The number of carbonyl (C=O) groups is 1. The van der Waals surface area contributed by atoms with Crippen molar-refractivity contribution in [2.24, 2.45) is 0 Å². The van der Waals surface area contributed by atoms with Crippen molar-refractivity contribution in [1.29, 1.82) is 0 Å². The van der Waals surface area contributed by atoms with Gasteiger partial charge in [0.1, 0.15) is 0 Å². The Kier molecular flexibility index (Phi) is 4.65. The second-order valence-corrected chi connectivity index (χ2v) is 7.32. The first-order chi connectivity index (χ1) is 12.3. The summed E-state index contributed by atoms with van der Waals surface area (Å²) >= 11 is 1.55. The molecule has 0 unspecified atom stereocenters. The van der Waals surface area contributed by atoms with E-state index in [4.69, 9.17) is 0 Å². The Hall–Kier alpha value is -2.40. The van der Waals surface area contributed by atoms with Crippen LogP contribution in [0.25, 0.3) is 10.2 Å². The topological polar surface area (TPSA) is 45.2 Å². The van der Waals surface area contributed by atoms with E-state index in [1.54, 1.807) is 16.8 Å². The molecule has 4 rings (SSSR count). The van der Waals surface area contributed by atoms with E-state index in [9.17, 15) is 4.79 Å². The first-order valence-electron chi connectivity index (χ1n) is 8.79. The summed E-state index contributed by atoms with van der Waals surface area (Å²) in [7, 11) is 0. The molecule has 0 radical (unpaired) electrons. The Morgan fingerprint density at radius 2 is 1.76 bits per heavy atom. The molecular weight excluding hydrogens is 330 g/mol. The summed E-state index contributed by atoms with van der Waals surface area (Å²) in [5, 5.41) is 2.98. The van der Waals surface area contributed by atoms with Crippen molar-refractivity contribution >= 4 is 38.8 Å². The van der Waals surface area contributed by atoms with E-state index in [0.717, 1.165) is 29.0 Å². The number of rotatable bonds is 3. The molecule has 1 aliphatic rings. The van der Waals surface area contributed by atoms with Gasteiger partial charge in [0.05, 0.1) is 15.7 Å². The maximum Gasteiger partial charge on any atom is 0.255 e. The highest BCUT2D eigenvalue weighted by Crippen LogP contribution is 2.23. The van der Waals surface area contributed by atoms with E-state index in [-0.39, 0.29) is 5.91 Å². The molecule has 2 heterocycles. The number of anilines is 2. The third-order valence-electron chi connectivity index (χ3n) is 4.69. The van der Waals surface area contributed by atoms with Crippen LogP contribution in [0.2, 0.25) is 0 Å². The molecular formula is C20H21N3OS. The number of fused-ring (bicyclic) bond motifs is 1. The van der Waals surface area contributed by atoms with E-state index in [0.29, 0.717) is 5.56 Å². The van der Waals surface area contributed by atoms with Gasteiger partial charge in [-0.05, 0) is 55.3 Å². The van der Waals surface area contributed by atoms with Crippen molar-refractivity contribution < 1.29 is 4.79 Å². The first-order valence-corrected chi connectivity index (χ1v) is 9.67. The Morgan fingerprint density at radius 1 is 1.00 bits per heavy atom. The van der Waals surface area contributed by atoms with Crippen LogP contribution in [0.1, 0.15) is 36.0 Å². The number of thiazole rings is 1. The Bertz CT molecular complexity index is 864. The molecule has 1 aliphatic heterocycles. The number of benzene rings is 2. The number of nitrogens with zero attached hydrogens (tertiary/aromatic N) is 2. The quantitative estimate of drug-likeness (QED) is 0.728. The van der Waals surface area contributed by atoms with Gasteiger partial charge in [-0.1, -0.05) is 12.8 Å². The van der Waals surface area contributed by atoms with Gasteiger partial charge in [-0.3, -0.25) is 4.79 Å².